The Hall–Kier alpha value is -2.75. The molecule has 0 bridgehead atoms. The minimum absolute atomic E-state index is 0.0734. The van der Waals surface area contributed by atoms with Crippen LogP contribution in [0.1, 0.15) is 11.1 Å². The Morgan fingerprint density at radius 2 is 1.81 bits per heavy atom. The molecule has 0 atom stereocenters. The predicted octanol–water partition coefficient (Wildman–Crippen LogP) is 3.95. The molecule has 0 N–H and O–H groups in total. The molecule has 0 saturated heterocycles. The number of pyridine rings is 1. The summed E-state index contributed by atoms with van der Waals surface area (Å²) in [5.41, 5.74) is 0.760. The van der Waals surface area contributed by atoms with Gasteiger partial charge in [-0.15, -0.1) is 13.2 Å². The molecule has 0 radical (unpaired) electrons. The number of nitriles is 1. The number of hydrogen-bond acceptors (Lipinski definition) is 4. The maximum absolute atomic E-state index is 12.3. The molecule has 0 fully saturated rings. The summed E-state index contributed by atoms with van der Waals surface area (Å²) in [6.45, 7) is 1.67. The smallest absolute Gasteiger partial charge is 0.434 e. The largest absolute Gasteiger partial charge is 0.573 e. The number of benzene rings is 1. The van der Waals surface area contributed by atoms with Crippen LogP contribution >= 0.6 is 0 Å². The van der Waals surface area contributed by atoms with E-state index in [1.54, 1.807) is 13.0 Å². The van der Waals surface area contributed by atoms with E-state index in [0.29, 0.717) is 5.56 Å². The van der Waals surface area contributed by atoms with Crippen molar-refractivity contribution in [3.05, 3.63) is 47.7 Å². The van der Waals surface area contributed by atoms with Crippen molar-refractivity contribution in [3.8, 4) is 23.4 Å². The number of ether oxygens (including phenoxy) is 2. The van der Waals surface area contributed by atoms with Crippen LogP contribution in [-0.2, 0) is 0 Å². The van der Waals surface area contributed by atoms with Gasteiger partial charge in [0.1, 0.15) is 11.6 Å². The number of alkyl halides is 3. The quantitative estimate of drug-likeness (QED) is 0.860. The van der Waals surface area contributed by atoms with Gasteiger partial charge in [0, 0.05) is 6.20 Å². The van der Waals surface area contributed by atoms with Crippen molar-refractivity contribution in [2.75, 3.05) is 0 Å². The number of halogens is 3. The lowest BCUT2D eigenvalue weighted by atomic mass is 10.2. The second-order valence-corrected chi connectivity index (χ2v) is 4.02. The van der Waals surface area contributed by atoms with Crippen LogP contribution in [0.4, 0.5) is 13.2 Å². The van der Waals surface area contributed by atoms with E-state index in [4.69, 9.17) is 10.00 Å². The molecule has 2 rings (SSSR count). The van der Waals surface area contributed by atoms with Crippen molar-refractivity contribution < 1.29 is 22.6 Å². The fourth-order valence-electron chi connectivity index (χ4n) is 1.59. The number of hydrogen-bond donors (Lipinski definition) is 0. The van der Waals surface area contributed by atoms with Crippen LogP contribution < -0.4 is 9.47 Å². The summed E-state index contributed by atoms with van der Waals surface area (Å²) >= 11 is 0. The van der Waals surface area contributed by atoms with E-state index in [-0.39, 0.29) is 17.2 Å². The fraction of sp³-hybridized carbons (Fsp3) is 0.143. The highest BCUT2D eigenvalue weighted by Crippen LogP contribution is 2.35. The summed E-state index contributed by atoms with van der Waals surface area (Å²) in [6, 6.07) is 8.78. The number of para-hydroxylation sites is 2. The third-order valence-corrected chi connectivity index (χ3v) is 2.52. The molecule has 21 heavy (non-hydrogen) atoms. The summed E-state index contributed by atoms with van der Waals surface area (Å²) in [6.07, 6.45) is -3.43. The summed E-state index contributed by atoms with van der Waals surface area (Å²) in [4.78, 5) is 3.86. The molecule has 2 aromatic rings. The van der Waals surface area contributed by atoms with E-state index in [1.165, 1.54) is 24.4 Å². The molecule has 0 unspecified atom stereocenters. The van der Waals surface area contributed by atoms with Crippen LogP contribution in [0.2, 0.25) is 0 Å². The Balaban J connectivity index is 2.37. The van der Waals surface area contributed by atoms with Gasteiger partial charge in [-0.25, -0.2) is 4.98 Å². The molecule has 0 saturated carbocycles. The van der Waals surface area contributed by atoms with Crippen molar-refractivity contribution in [2.45, 2.75) is 13.3 Å². The minimum Gasteiger partial charge on any atom is -0.434 e. The molecular formula is C14H9F3N2O2. The molecule has 4 nitrogen and oxygen atoms in total. The van der Waals surface area contributed by atoms with Crippen molar-refractivity contribution in [1.29, 1.82) is 5.26 Å². The zero-order valence-electron chi connectivity index (χ0n) is 10.8. The minimum atomic E-state index is -4.84. The van der Waals surface area contributed by atoms with Crippen LogP contribution in [0, 0.1) is 18.3 Å². The zero-order chi connectivity index (χ0) is 15.5. The Morgan fingerprint density at radius 3 is 2.43 bits per heavy atom. The van der Waals surface area contributed by atoms with E-state index in [1.807, 2.05) is 6.07 Å². The number of aromatic nitrogens is 1. The standard InChI is InChI=1S/C14H9F3N2O2/c1-9-6-7-19-13(10(9)8-18)20-11-4-2-3-5-12(11)21-14(15,16)17/h2-7H,1H3. The molecule has 1 aromatic heterocycles. The van der Waals surface area contributed by atoms with Gasteiger partial charge in [-0.3, -0.25) is 0 Å². The van der Waals surface area contributed by atoms with E-state index < -0.39 is 12.1 Å². The van der Waals surface area contributed by atoms with Gasteiger partial charge in [-0.2, -0.15) is 5.26 Å². The first-order valence-corrected chi connectivity index (χ1v) is 5.79. The Kier molecular flexibility index (Phi) is 3.98. The maximum atomic E-state index is 12.3. The van der Waals surface area contributed by atoms with Crippen LogP contribution in [0.5, 0.6) is 17.4 Å². The first-order chi connectivity index (χ1) is 9.90. The van der Waals surface area contributed by atoms with Crippen molar-refractivity contribution in [1.82, 2.24) is 4.98 Å². The highest BCUT2D eigenvalue weighted by Gasteiger charge is 2.32. The topological polar surface area (TPSA) is 55.1 Å². The first-order valence-electron chi connectivity index (χ1n) is 5.79. The third kappa shape index (κ3) is 3.63. The second kappa shape index (κ2) is 5.71. The van der Waals surface area contributed by atoms with Gasteiger partial charge in [-0.1, -0.05) is 12.1 Å². The fourth-order valence-corrected chi connectivity index (χ4v) is 1.59. The monoisotopic (exact) mass is 294 g/mol. The van der Waals surface area contributed by atoms with Crippen LogP contribution in [0.15, 0.2) is 36.5 Å². The highest BCUT2D eigenvalue weighted by molar-refractivity contribution is 5.48. The SMILES string of the molecule is Cc1ccnc(Oc2ccccc2OC(F)(F)F)c1C#N. The zero-order valence-corrected chi connectivity index (χ0v) is 10.8. The lowest BCUT2D eigenvalue weighted by Gasteiger charge is -2.14. The van der Waals surface area contributed by atoms with Crippen molar-refractivity contribution in [2.24, 2.45) is 0 Å². The van der Waals surface area contributed by atoms with Gasteiger partial charge >= 0.3 is 6.36 Å². The Morgan fingerprint density at radius 1 is 1.14 bits per heavy atom. The molecule has 0 spiro atoms. The van der Waals surface area contributed by atoms with Gasteiger partial charge in [0.05, 0.1) is 0 Å². The predicted molar refractivity (Wildman–Crippen MR) is 66.9 cm³/mol. The van der Waals surface area contributed by atoms with Crippen LogP contribution in [0.3, 0.4) is 0 Å². The van der Waals surface area contributed by atoms with Gasteiger partial charge in [0.15, 0.2) is 11.5 Å². The number of nitrogens with zero attached hydrogens (tertiary/aromatic N) is 2. The molecule has 0 amide bonds. The second-order valence-electron chi connectivity index (χ2n) is 4.02. The molecule has 0 aliphatic carbocycles. The van der Waals surface area contributed by atoms with Gasteiger partial charge in [0.25, 0.3) is 0 Å². The van der Waals surface area contributed by atoms with Gasteiger partial charge in [-0.05, 0) is 30.7 Å². The van der Waals surface area contributed by atoms with E-state index in [2.05, 4.69) is 9.72 Å². The van der Waals surface area contributed by atoms with E-state index in [9.17, 15) is 13.2 Å². The number of aryl methyl sites for hydroxylation is 1. The summed E-state index contributed by atoms with van der Waals surface area (Å²) in [5.74, 6) is -0.752. The van der Waals surface area contributed by atoms with Crippen molar-refractivity contribution >= 4 is 0 Å². The molecule has 0 aliphatic heterocycles. The maximum Gasteiger partial charge on any atom is 0.573 e. The lowest BCUT2D eigenvalue weighted by Crippen LogP contribution is -2.17. The summed E-state index contributed by atoms with van der Waals surface area (Å²) in [7, 11) is 0. The van der Waals surface area contributed by atoms with Gasteiger partial charge in [0.2, 0.25) is 5.88 Å². The molecule has 1 heterocycles. The Labute approximate surface area is 118 Å². The number of rotatable bonds is 3. The summed E-state index contributed by atoms with van der Waals surface area (Å²) < 4.78 is 46.1. The summed E-state index contributed by atoms with van der Waals surface area (Å²) in [5, 5.41) is 9.05. The Bertz CT molecular complexity index is 693. The average molecular weight is 294 g/mol. The average Bonchev–Trinajstić information content (AvgIpc) is 2.40. The molecule has 108 valence electrons. The molecule has 1 aromatic carbocycles. The lowest BCUT2D eigenvalue weighted by molar-refractivity contribution is -0.275. The first kappa shape index (κ1) is 14.7. The normalized spacial score (nSPS) is 10.8. The van der Waals surface area contributed by atoms with Gasteiger partial charge < -0.3 is 9.47 Å². The molecule has 0 aliphatic rings. The highest BCUT2D eigenvalue weighted by atomic mass is 19.4. The molecular weight excluding hydrogens is 285 g/mol. The van der Waals surface area contributed by atoms with Crippen LogP contribution in [0.25, 0.3) is 0 Å². The third-order valence-electron chi connectivity index (χ3n) is 2.52. The molecule has 7 heteroatoms. The van der Waals surface area contributed by atoms with Crippen molar-refractivity contribution in [3.63, 3.8) is 0 Å². The van der Waals surface area contributed by atoms with Crippen LogP contribution in [-0.4, -0.2) is 11.3 Å². The van der Waals surface area contributed by atoms with E-state index in [0.717, 1.165) is 6.07 Å². The van der Waals surface area contributed by atoms with E-state index >= 15 is 0 Å².